The van der Waals surface area contributed by atoms with Gasteiger partial charge in [-0.1, -0.05) is 13.8 Å². The van der Waals surface area contributed by atoms with Crippen LogP contribution in [0.3, 0.4) is 0 Å². The molecule has 0 amide bonds. The third-order valence-electron chi connectivity index (χ3n) is 3.58. The third kappa shape index (κ3) is 4.84. The molecule has 0 heterocycles. The van der Waals surface area contributed by atoms with Gasteiger partial charge in [0.25, 0.3) is 0 Å². The zero-order chi connectivity index (χ0) is 12.0. The van der Waals surface area contributed by atoms with Crippen LogP contribution in [-0.2, 0) is 0 Å². The van der Waals surface area contributed by atoms with Crippen molar-refractivity contribution in [2.75, 3.05) is 19.6 Å². The molecule has 1 aliphatic carbocycles. The van der Waals surface area contributed by atoms with E-state index in [1.807, 2.05) is 0 Å². The molecular weight excluding hydrogens is 196 g/mol. The second kappa shape index (κ2) is 7.29. The lowest BCUT2D eigenvalue weighted by Crippen LogP contribution is -2.46. The van der Waals surface area contributed by atoms with Crippen LogP contribution in [0.1, 0.15) is 53.4 Å². The van der Waals surface area contributed by atoms with Crippen LogP contribution in [0.2, 0.25) is 0 Å². The lowest BCUT2D eigenvalue weighted by atomic mass is 10.1. The Hall–Kier alpha value is -0.0800. The Bertz CT molecular complexity index is 176. The summed E-state index contributed by atoms with van der Waals surface area (Å²) in [6.45, 7) is 12.9. The van der Waals surface area contributed by atoms with Crippen molar-refractivity contribution in [1.29, 1.82) is 0 Å². The molecule has 1 unspecified atom stereocenters. The summed E-state index contributed by atoms with van der Waals surface area (Å²) >= 11 is 0. The Morgan fingerprint density at radius 1 is 1.25 bits per heavy atom. The molecule has 0 bridgehead atoms. The highest BCUT2D eigenvalue weighted by Crippen LogP contribution is 2.31. The first-order chi connectivity index (χ1) is 7.69. The molecule has 0 spiro atoms. The molecule has 0 aromatic heterocycles. The van der Waals surface area contributed by atoms with Gasteiger partial charge in [-0.3, -0.25) is 4.90 Å². The summed E-state index contributed by atoms with van der Waals surface area (Å²) in [5, 5.41) is 3.57. The Labute approximate surface area is 102 Å². The predicted octanol–water partition coefficient (Wildman–Crippen LogP) is 2.89. The summed E-state index contributed by atoms with van der Waals surface area (Å²) in [5.74, 6) is 1.00. The van der Waals surface area contributed by atoms with E-state index >= 15 is 0 Å². The van der Waals surface area contributed by atoms with Crippen LogP contribution >= 0.6 is 0 Å². The maximum Gasteiger partial charge on any atom is 0.0220 e. The minimum atomic E-state index is 0.689. The minimum Gasteiger partial charge on any atom is -0.315 e. The lowest BCUT2D eigenvalue weighted by Gasteiger charge is -2.35. The van der Waals surface area contributed by atoms with Gasteiger partial charge in [0.1, 0.15) is 0 Å². The van der Waals surface area contributed by atoms with Crippen molar-refractivity contribution in [1.82, 2.24) is 10.2 Å². The molecule has 96 valence electrons. The first-order valence-electron chi connectivity index (χ1n) is 7.15. The highest BCUT2D eigenvalue weighted by molar-refractivity contribution is 4.83. The molecule has 1 saturated carbocycles. The second-order valence-electron chi connectivity index (χ2n) is 5.50. The van der Waals surface area contributed by atoms with Gasteiger partial charge in [-0.15, -0.1) is 0 Å². The fourth-order valence-corrected chi connectivity index (χ4v) is 2.32. The highest BCUT2D eigenvalue weighted by Gasteiger charge is 2.28. The van der Waals surface area contributed by atoms with E-state index in [4.69, 9.17) is 0 Å². The number of hydrogen-bond acceptors (Lipinski definition) is 2. The quantitative estimate of drug-likeness (QED) is 0.608. The number of hydrogen-bond donors (Lipinski definition) is 1. The standard InChI is InChI=1S/C14H30N2/c1-5-9-15-10-14(6-2)16(12(3)4)11-13-7-8-13/h12-15H,5-11H2,1-4H3. The predicted molar refractivity (Wildman–Crippen MR) is 71.8 cm³/mol. The summed E-state index contributed by atoms with van der Waals surface area (Å²) < 4.78 is 0. The van der Waals surface area contributed by atoms with Crippen LogP contribution in [0.5, 0.6) is 0 Å². The lowest BCUT2D eigenvalue weighted by molar-refractivity contribution is 0.139. The van der Waals surface area contributed by atoms with E-state index in [0.717, 1.165) is 25.0 Å². The molecule has 1 fully saturated rings. The van der Waals surface area contributed by atoms with Gasteiger partial charge in [0.05, 0.1) is 0 Å². The summed E-state index contributed by atoms with van der Waals surface area (Å²) in [5.41, 5.74) is 0. The summed E-state index contributed by atoms with van der Waals surface area (Å²) in [4.78, 5) is 2.71. The van der Waals surface area contributed by atoms with E-state index in [1.165, 1.54) is 32.2 Å². The van der Waals surface area contributed by atoms with Crippen LogP contribution in [0.25, 0.3) is 0 Å². The molecule has 16 heavy (non-hydrogen) atoms. The molecule has 0 aliphatic heterocycles. The molecule has 0 saturated heterocycles. The fraction of sp³-hybridized carbons (Fsp3) is 1.00. The summed E-state index contributed by atoms with van der Waals surface area (Å²) in [7, 11) is 0. The monoisotopic (exact) mass is 226 g/mol. The Morgan fingerprint density at radius 3 is 2.38 bits per heavy atom. The van der Waals surface area contributed by atoms with Gasteiger partial charge in [0, 0.05) is 25.2 Å². The van der Waals surface area contributed by atoms with Crippen LogP contribution in [0.4, 0.5) is 0 Å². The van der Waals surface area contributed by atoms with Gasteiger partial charge < -0.3 is 5.32 Å². The Balaban J connectivity index is 2.36. The van der Waals surface area contributed by atoms with Crippen LogP contribution in [0.15, 0.2) is 0 Å². The zero-order valence-corrected chi connectivity index (χ0v) is 11.6. The summed E-state index contributed by atoms with van der Waals surface area (Å²) in [6.07, 6.45) is 5.42. The number of nitrogens with zero attached hydrogens (tertiary/aromatic N) is 1. The second-order valence-corrected chi connectivity index (χ2v) is 5.50. The van der Waals surface area contributed by atoms with Crippen LogP contribution < -0.4 is 5.32 Å². The van der Waals surface area contributed by atoms with Crippen molar-refractivity contribution < 1.29 is 0 Å². The fourth-order valence-electron chi connectivity index (χ4n) is 2.32. The molecule has 0 aromatic rings. The first-order valence-corrected chi connectivity index (χ1v) is 7.15. The zero-order valence-electron chi connectivity index (χ0n) is 11.6. The van der Waals surface area contributed by atoms with E-state index in [9.17, 15) is 0 Å². The van der Waals surface area contributed by atoms with Crippen LogP contribution in [0, 0.1) is 5.92 Å². The normalized spacial score (nSPS) is 18.4. The van der Waals surface area contributed by atoms with Gasteiger partial charge in [-0.05, 0) is 52.0 Å². The average Bonchev–Trinajstić information content (AvgIpc) is 3.05. The molecule has 2 heteroatoms. The maximum absolute atomic E-state index is 3.57. The molecule has 2 nitrogen and oxygen atoms in total. The van der Waals surface area contributed by atoms with Crippen molar-refractivity contribution in [3.63, 3.8) is 0 Å². The van der Waals surface area contributed by atoms with Gasteiger partial charge in [0.2, 0.25) is 0 Å². The van der Waals surface area contributed by atoms with E-state index in [0.29, 0.717) is 6.04 Å². The van der Waals surface area contributed by atoms with Crippen molar-refractivity contribution in [2.24, 2.45) is 5.92 Å². The SMILES string of the molecule is CCCNCC(CC)N(CC1CC1)C(C)C. The molecule has 1 rings (SSSR count). The Kier molecular flexibility index (Phi) is 6.37. The Morgan fingerprint density at radius 2 is 1.94 bits per heavy atom. The van der Waals surface area contributed by atoms with Gasteiger partial charge in [-0.25, -0.2) is 0 Å². The van der Waals surface area contributed by atoms with E-state index in [2.05, 4.69) is 37.9 Å². The largest absolute Gasteiger partial charge is 0.315 e. The molecule has 0 radical (unpaired) electrons. The molecule has 1 aliphatic rings. The van der Waals surface area contributed by atoms with Crippen molar-refractivity contribution >= 4 is 0 Å². The molecule has 1 N–H and O–H groups in total. The molecule has 1 atom stereocenters. The van der Waals surface area contributed by atoms with Crippen molar-refractivity contribution in [3.8, 4) is 0 Å². The number of nitrogens with one attached hydrogen (secondary N) is 1. The van der Waals surface area contributed by atoms with E-state index in [-0.39, 0.29) is 0 Å². The van der Waals surface area contributed by atoms with Crippen molar-refractivity contribution in [2.45, 2.75) is 65.5 Å². The van der Waals surface area contributed by atoms with Gasteiger partial charge >= 0.3 is 0 Å². The highest BCUT2D eigenvalue weighted by atomic mass is 15.2. The maximum atomic E-state index is 3.57. The summed E-state index contributed by atoms with van der Waals surface area (Å²) in [6, 6.07) is 1.42. The van der Waals surface area contributed by atoms with Gasteiger partial charge in [-0.2, -0.15) is 0 Å². The molecular formula is C14H30N2. The average molecular weight is 226 g/mol. The third-order valence-corrected chi connectivity index (χ3v) is 3.58. The topological polar surface area (TPSA) is 15.3 Å². The van der Waals surface area contributed by atoms with Crippen LogP contribution in [-0.4, -0.2) is 36.6 Å². The molecule has 0 aromatic carbocycles. The van der Waals surface area contributed by atoms with Crippen molar-refractivity contribution in [3.05, 3.63) is 0 Å². The van der Waals surface area contributed by atoms with Gasteiger partial charge in [0.15, 0.2) is 0 Å². The van der Waals surface area contributed by atoms with E-state index in [1.54, 1.807) is 0 Å². The number of rotatable bonds is 9. The minimum absolute atomic E-state index is 0.689. The van der Waals surface area contributed by atoms with E-state index < -0.39 is 0 Å². The smallest absolute Gasteiger partial charge is 0.0220 e. The first kappa shape index (κ1) is 14.0.